The summed E-state index contributed by atoms with van der Waals surface area (Å²) in [5.74, 6) is -0.363. The highest BCUT2D eigenvalue weighted by Gasteiger charge is 2.54. The Balaban J connectivity index is 2.03. The molecule has 1 unspecified atom stereocenters. The summed E-state index contributed by atoms with van der Waals surface area (Å²) in [5.41, 5.74) is -0.967. The molecule has 6 heteroatoms. The van der Waals surface area contributed by atoms with Gasteiger partial charge in [-0.25, -0.2) is 0 Å². The highest BCUT2D eigenvalue weighted by molar-refractivity contribution is 6.99. The summed E-state index contributed by atoms with van der Waals surface area (Å²) in [5, 5.41) is 15.5. The molecule has 3 rings (SSSR count). The monoisotopic (exact) mass is 445 g/mol. The number of alkyl halides is 1. The van der Waals surface area contributed by atoms with Crippen molar-refractivity contribution in [3.8, 4) is 0 Å². The topological polar surface area (TPSA) is 58.6 Å². The third-order valence-electron chi connectivity index (χ3n) is 6.15. The van der Waals surface area contributed by atoms with Crippen LogP contribution in [0.5, 0.6) is 0 Å². The van der Waals surface area contributed by atoms with E-state index in [2.05, 4.69) is 74.6 Å². The van der Waals surface area contributed by atoms with E-state index in [0.29, 0.717) is 31.7 Å². The Labute approximate surface area is 185 Å². The van der Waals surface area contributed by atoms with Crippen molar-refractivity contribution < 1.29 is 14.3 Å². The third kappa shape index (κ3) is 4.35. The van der Waals surface area contributed by atoms with Crippen molar-refractivity contribution in [2.24, 2.45) is 0 Å². The summed E-state index contributed by atoms with van der Waals surface area (Å²) in [6, 6.07) is 20.9. The van der Waals surface area contributed by atoms with Gasteiger partial charge in [-0.1, -0.05) is 81.4 Å². The zero-order chi connectivity index (χ0) is 21.8. The first-order valence-corrected chi connectivity index (χ1v) is 13.0. The lowest BCUT2D eigenvalue weighted by molar-refractivity contribution is -0.144. The van der Waals surface area contributed by atoms with E-state index in [1.165, 1.54) is 10.4 Å². The molecule has 1 aliphatic heterocycles. The predicted octanol–water partition coefficient (Wildman–Crippen LogP) is 3.77. The van der Waals surface area contributed by atoms with Crippen molar-refractivity contribution in [3.63, 3.8) is 0 Å². The van der Waals surface area contributed by atoms with Crippen LogP contribution in [0.4, 0.5) is 0 Å². The molecule has 1 heterocycles. The summed E-state index contributed by atoms with van der Waals surface area (Å²) in [6.45, 7) is 7.23. The number of halogens is 1. The molecule has 0 aliphatic carbocycles. The zero-order valence-corrected chi connectivity index (χ0v) is 19.8. The summed E-state index contributed by atoms with van der Waals surface area (Å²) in [6.07, 6.45) is 1.44. The van der Waals surface area contributed by atoms with Crippen molar-refractivity contribution in [3.05, 3.63) is 60.7 Å². The average molecular weight is 446 g/mol. The SMILES string of the molecule is CC(C)(C)[Si](O[C@@H]1CNC(CCCCl)(C(=O)O)C1)(c1ccccc1)c1ccccc1. The molecule has 4 nitrogen and oxygen atoms in total. The van der Waals surface area contributed by atoms with E-state index in [1.54, 1.807) is 0 Å². The van der Waals surface area contributed by atoms with E-state index in [4.69, 9.17) is 16.0 Å². The fourth-order valence-corrected chi connectivity index (χ4v) is 9.51. The molecule has 2 N–H and O–H groups in total. The fourth-order valence-electron chi connectivity index (χ4n) is 4.70. The largest absolute Gasteiger partial charge is 0.480 e. The first-order chi connectivity index (χ1) is 14.2. The number of carboxylic acids is 1. The van der Waals surface area contributed by atoms with Gasteiger partial charge >= 0.3 is 5.97 Å². The van der Waals surface area contributed by atoms with Crippen molar-refractivity contribution in [1.29, 1.82) is 0 Å². The molecule has 1 aliphatic rings. The van der Waals surface area contributed by atoms with Gasteiger partial charge in [0.1, 0.15) is 5.54 Å². The predicted molar refractivity (Wildman–Crippen MR) is 125 cm³/mol. The van der Waals surface area contributed by atoms with Crippen LogP contribution in [-0.2, 0) is 9.22 Å². The van der Waals surface area contributed by atoms with Crippen LogP contribution in [0.2, 0.25) is 5.04 Å². The van der Waals surface area contributed by atoms with Gasteiger partial charge in [0, 0.05) is 18.8 Å². The van der Waals surface area contributed by atoms with Gasteiger partial charge in [0.15, 0.2) is 0 Å². The molecule has 0 amide bonds. The average Bonchev–Trinajstić information content (AvgIpc) is 3.15. The standard InChI is InChI=1S/C24H32ClNO3Si/c1-23(2,3)30(20-11-6-4-7-12-20,21-13-8-5-9-14-21)29-19-17-24(22(27)28,26-18-19)15-10-16-25/h4-9,11-14,19,26H,10,15-18H2,1-3H3,(H,27,28)/t19-,24?/m0/s1. The first-order valence-electron chi connectivity index (χ1n) is 10.6. The van der Waals surface area contributed by atoms with Gasteiger partial charge in [-0.3, -0.25) is 10.1 Å². The van der Waals surface area contributed by atoms with Crippen LogP contribution in [0.25, 0.3) is 0 Å². The van der Waals surface area contributed by atoms with Crippen molar-refractivity contribution in [2.75, 3.05) is 12.4 Å². The van der Waals surface area contributed by atoms with Crippen molar-refractivity contribution >= 4 is 36.3 Å². The highest BCUT2D eigenvalue weighted by Crippen LogP contribution is 2.39. The molecule has 0 aromatic heterocycles. The molecule has 0 bridgehead atoms. The minimum Gasteiger partial charge on any atom is -0.480 e. The Morgan fingerprint density at radius 2 is 1.67 bits per heavy atom. The van der Waals surface area contributed by atoms with Crippen LogP contribution in [-0.4, -0.2) is 43.5 Å². The van der Waals surface area contributed by atoms with Crippen LogP contribution in [0, 0.1) is 0 Å². The molecule has 0 spiro atoms. The van der Waals surface area contributed by atoms with Crippen LogP contribution in [0.3, 0.4) is 0 Å². The van der Waals surface area contributed by atoms with Gasteiger partial charge in [-0.05, 0) is 28.3 Å². The highest BCUT2D eigenvalue weighted by atomic mass is 35.5. The normalized spacial score (nSPS) is 22.2. The zero-order valence-electron chi connectivity index (χ0n) is 18.0. The smallest absolute Gasteiger partial charge is 0.324 e. The molecule has 162 valence electrons. The van der Waals surface area contributed by atoms with Crippen molar-refractivity contribution in [1.82, 2.24) is 5.32 Å². The Bertz CT molecular complexity index is 801. The number of aliphatic carboxylic acids is 1. The van der Waals surface area contributed by atoms with Gasteiger partial charge < -0.3 is 9.53 Å². The minimum atomic E-state index is -2.70. The Morgan fingerprint density at radius 3 is 2.10 bits per heavy atom. The summed E-state index contributed by atoms with van der Waals surface area (Å²) in [7, 11) is -2.70. The number of hydrogen-bond donors (Lipinski definition) is 2. The number of nitrogens with one attached hydrogen (secondary N) is 1. The molecule has 2 atom stereocenters. The van der Waals surface area contributed by atoms with E-state index < -0.39 is 19.8 Å². The number of rotatable bonds is 8. The summed E-state index contributed by atoms with van der Waals surface area (Å²) in [4.78, 5) is 12.1. The Hall–Kier alpha value is -1.66. The van der Waals surface area contributed by atoms with Crippen LogP contribution < -0.4 is 15.7 Å². The lowest BCUT2D eigenvalue weighted by Gasteiger charge is -2.44. The van der Waals surface area contributed by atoms with E-state index in [-0.39, 0.29) is 11.1 Å². The molecule has 0 radical (unpaired) electrons. The fraction of sp³-hybridized carbons (Fsp3) is 0.458. The molecule has 2 aromatic rings. The third-order valence-corrected chi connectivity index (χ3v) is 11.5. The Kier molecular flexibility index (Phi) is 7.08. The maximum atomic E-state index is 12.1. The van der Waals surface area contributed by atoms with Gasteiger partial charge in [-0.15, -0.1) is 11.6 Å². The summed E-state index contributed by atoms with van der Waals surface area (Å²) >= 11 is 5.86. The maximum absolute atomic E-state index is 12.1. The lowest BCUT2D eigenvalue weighted by atomic mass is 9.91. The number of carboxylic acid groups (broad SMARTS) is 1. The second-order valence-corrected chi connectivity index (χ2v) is 13.8. The number of benzene rings is 2. The van der Waals surface area contributed by atoms with Crippen LogP contribution >= 0.6 is 11.6 Å². The van der Waals surface area contributed by atoms with Crippen LogP contribution in [0.1, 0.15) is 40.0 Å². The van der Waals surface area contributed by atoms with Crippen molar-refractivity contribution in [2.45, 2.75) is 56.7 Å². The molecular formula is C24H32ClNO3Si. The van der Waals surface area contributed by atoms with E-state index in [9.17, 15) is 9.90 Å². The second kappa shape index (κ2) is 9.23. The van der Waals surface area contributed by atoms with E-state index >= 15 is 0 Å². The molecule has 1 saturated heterocycles. The molecule has 2 aromatic carbocycles. The summed E-state index contributed by atoms with van der Waals surface area (Å²) < 4.78 is 7.10. The van der Waals surface area contributed by atoms with E-state index in [0.717, 1.165) is 0 Å². The van der Waals surface area contributed by atoms with Crippen LogP contribution in [0.15, 0.2) is 60.7 Å². The Morgan fingerprint density at radius 1 is 1.13 bits per heavy atom. The first kappa shape index (κ1) is 23.0. The maximum Gasteiger partial charge on any atom is 0.324 e. The number of hydrogen-bond acceptors (Lipinski definition) is 3. The second-order valence-electron chi connectivity index (χ2n) is 9.17. The molecule has 30 heavy (non-hydrogen) atoms. The van der Waals surface area contributed by atoms with Gasteiger partial charge in [-0.2, -0.15) is 0 Å². The van der Waals surface area contributed by atoms with Gasteiger partial charge in [0.05, 0.1) is 6.10 Å². The van der Waals surface area contributed by atoms with Gasteiger partial charge in [0.25, 0.3) is 8.32 Å². The van der Waals surface area contributed by atoms with E-state index in [1.807, 2.05) is 12.1 Å². The number of carbonyl (C=O) groups is 1. The van der Waals surface area contributed by atoms with Gasteiger partial charge in [0.2, 0.25) is 0 Å². The molecular weight excluding hydrogens is 414 g/mol. The quantitative estimate of drug-likeness (QED) is 0.479. The minimum absolute atomic E-state index is 0.139. The molecule has 1 fully saturated rings. The molecule has 0 saturated carbocycles. The lowest BCUT2D eigenvalue weighted by Crippen LogP contribution is -2.67.